The first-order valence-corrected chi connectivity index (χ1v) is 16.9. The average Bonchev–Trinajstić information content (AvgIpc) is 3.80. The van der Waals surface area contributed by atoms with Crippen LogP contribution in [0.5, 0.6) is 0 Å². The minimum atomic E-state index is 1.30. The minimum absolute atomic E-state index is 1.30. The van der Waals surface area contributed by atoms with E-state index >= 15 is 0 Å². The van der Waals surface area contributed by atoms with E-state index < -0.39 is 0 Å². The molecule has 0 saturated heterocycles. The van der Waals surface area contributed by atoms with Crippen LogP contribution in [0.15, 0.2) is 146 Å². The van der Waals surface area contributed by atoms with Crippen molar-refractivity contribution in [3.05, 3.63) is 146 Å². The summed E-state index contributed by atoms with van der Waals surface area (Å²) in [4.78, 5) is 0. The first-order valence-electron chi connectivity index (χ1n) is 16.9. The van der Waals surface area contributed by atoms with Gasteiger partial charge in [-0.1, -0.05) is 146 Å². The smallest absolute Gasteiger partial charge is 0.00139 e. The third-order valence-corrected chi connectivity index (χ3v) is 11.8. The molecule has 4 aliphatic rings. The molecular formula is C48H24. The summed E-state index contributed by atoms with van der Waals surface area (Å²) in [5.41, 5.74) is 24.1. The van der Waals surface area contributed by atoms with E-state index in [1.54, 1.807) is 0 Å². The van der Waals surface area contributed by atoms with Crippen molar-refractivity contribution in [1.29, 1.82) is 0 Å². The van der Waals surface area contributed by atoms with Crippen molar-refractivity contribution >= 4 is 32.3 Å². The highest BCUT2D eigenvalue weighted by Crippen LogP contribution is 2.62. The lowest BCUT2D eigenvalue weighted by atomic mass is 9.86. The molecule has 216 valence electrons. The summed E-state index contributed by atoms with van der Waals surface area (Å²) in [6.07, 6.45) is 0. The highest BCUT2D eigenvalue weighted by Gasteiger charge is 2.35. The molecule has 0 heteroatoms. The maximum Gasteiger partial charge on any atom is -0.00139 e. The Kier molecular flexibility index (Phi) is 4.00. The molecule has 0 N–H and O–H groups in total. The topological polar surface area (TPSA) is 0 Å². The molecule has 0 unspecified atom stereocenters. The Bertz CT molecular complexity index is 2520. The Balaban J connectivity index is 1.37. The van der Waals surface area contributed by atoms with E-state index in [1.165, 1.54) is 132 Å². The molecule has 0 amide bonds. The molecule has 0 aliphatic heterocycles. The second kappa shape index (κ2) is 8.00. The zero-order valence-corrected chi connectivity index (χ0v) is 25.9. The summed E-state index contributed by atoms with van der Waals surface area (Å²) in [5, 5.41) is 8.03. The standard InChI is InChI=1S/C48H24/c1-2-8-29-28(7-1)43-34-19-13-25-14-21-36(44(29)40(25)43)37-22-16-27-18-24-39(48-33-12-6-5-11-32(33)46(37)42(27)48)38-23-17-26-15-20-35(34)45-30-9-3-4-10-31(30)47(38)41(26)45/h1-24H. The monoisotopic (exact) mass is 600 g/mol. The normalized spacial score (nSPS) is 13.0. The number of hydrogen-bond donors (Lipinski definition) is 0. The van der Waals surface area contributed by atoms with Crippen LogP contribution in [0.1, 0.15) is 0 Å². The van der Waals surface area contributed by atoms with Gasteiger partial charge in [0.05, 0.1) is 0 Å². The second-order valence-electron chi connectivity index (χ2n) is 13.9. The maximum absolute atomic E-state index is 2.39. The van der Waals surface area contributed by atoms with Crippen LogP contribution in [-0.2, 0) is 0 Å². The Morgan fingerprint density at radius 2 is 0.354 bits per heavy atom. The molecule has 0 fully saturated rings. The summed E-state index contributed by atoms with van der Waals surface area (Å²) in [5.74, 6) is 0. The molecule has 9 aromatic rings. The SMILES string of the molecule is c1ccc2c(c1)-c1c3ccc4ccc(c-2c14)-c1ccc2ccc(c4c2c1-c1ccccc1-4)-c1ccc2ccc-3c3c2c1-c1ccccc1-3. The number of rotatable bonds is 0. The van der Waals surface area contributed by atoms with Crippen molar-refractivity contribution in [1.82, 2.24) is 0 Å². The molecule has 0 nitrogen and oxygen atoms in total. The average molecular weight is 601 g/mol. The highest BCUT2D eigenvalue weighted by molar-refractivity contribution is 6.30. The van der Waals surface area contributed by atoms with Gasteiger partial charge in [0.15, 0.2) is 0 Å². The van der Waals surface area contributed by atoms with Gasteiger partial charge >= 0.3 is 0 Å². The van der Waals surface area contributed by atoms with Crippen LogP contribution in [0, 0.1) is 0 Å². The van der Waals surface area contributed by atoms with Gasteiger partial charge in [0, 0.05) is 0 Å². The third kappa shape index (κ3) is 2.56. The predicted molar refractivity (Wildman–Crippen MR) is 202 cm³/mol. The van der Waals surface area contributed by atoms with Gasteiger partial charge in [-0.25, -0.2) is 0 Å². The molecule has 0 saturated carbocycles. The van der Waals surface area contributed by atoms with E-state index in [0.29, 0.717) is 0 Å². The van der Waals surface area contributed by atoms with E-state index in [2.05, 4.69) is 146 Å². The van der Waals surface area contributed by atoms with Gasteiger partial charge in [0.2, 0.25) is 0 Å². The Morgan fingerprint density at radius 3 is 0.542 bits per heavy atom. The molecule has 9 aromatic carbocycles. The van der Waals surface area contributed by atoms with E-state index in [0.717, 1.165) is 0 Å². The van der Waals surface area contributed by atoms with E-state index in [1.807, 2.05) is 0 Å². The van der Waals surface area contributed by atoms with Crippen molar-refractivity contribution in [2.24, 2.45) is 0 Å². The Hall–Kier alpha value is -6.24. The molecular weight excluding hydrogens is 577 g/mol. The van der Waals surface area contributed by atoms with Crippen LogP contribution >= 0.6 is 0 Å². The zero-order valence-electron chi connectivity index (χ0n) is 25.9. The second-order valence-corrected chi connectivity index (χ2v) is 13.9. The predicted octanol–water partition coefficient (Wildman–Crippen LogP) is 13.4. The van der Waals surface area contributed by atoms with Gasteiger partial charge in [-0.3, -0.25) is 0 Å². The van der Waals surface area contributed by atoms with Crippen molar-refractivity contribution in [3.8, 4) is 100 Å². The van der Waals surface area contributed by atoms with Crippen LogP contribution in [0.4, 0.5) is 0 Å². The number of hydrogen-bond acceptors (Lipinski definition) is 0. The molecule has 0 radical (unpaired) electrons. The quantitative estimate of drug-likeness (QED) is 0.162. The van der Waals surface area contributed by atoms with Gasteiger partial charge < -0.3 is 0 Å². The third-order valence-electron chi connectivity index (χ3n) is 11.8. The lowest BCUT2D eigenvalue weighted by Crippen LogP contribution is -1.90. The molecule has 0 aromatic heterocycles. The molecule has 0 spiro atoms. The molecule has 4 aliphatic carbocycles. The summed E-state index contributed by atoms with van der Waals surface area (Å²) < 4.78 is 0. The van der Waals surface area contributed by atoms with Gasteiger partial charge in [0.25, 0.3) is 0 Å². The van der Waals surface area contributed by atoms with Gasteiger partial charge in [-0.05, 0) is 132 Å². The molecule has 15 bridgehead atoms. The first kappa shape index (κ1) is 24.0. The molecule has 48 heavy (non-hydrogen) atoms. The number of fused-ring (bicyclic) bond motifs is 6. The van der Waals surface area contributed by atoms with Crippen LogP contribution in [0.25, 0.3) is 132 Å². The highest BCUT2D eigenvalue weighted by atomic mass is 14.4. The molecule has 0 heterocycles. The van der Waals surface area contributed by atoms with Crippen molar-refractivity contribution in [3.63, 3.8) is 0 Å². The lowest BCUT2D eigenvalue weighted by Gasteiger charge is -2.17. The zero-order chi connectivity index (χ0) is 30.8. The summed E-state index contributed by atoms with van der Waals surface area (Å²) in [6, 6.07) is 55.8. The lowest BCUT2D eigenvalue weighted by molar-refractivity contribution is 1.65. The largest absolute Gasteiger partial charge is 0.0616 e. The fraction of sp³-hybridized carbons (Fsp3) is 0. The fourth-order valence-corrected chi connectivity index (χ4v) is 10.0. The van der Waals surface area contributed by atoms with E-state index in [4.69, 9.17) is 0 Å². The molecule has 0 atom stereocenters. The molecule has 13 rings (SSSR count). The van der Waals surface area contributed by atoms with Gasteiger partial charge in [0.1, 0.15) is 0 Å². The van der Waals surface area contributed by atoms with Gasteiger partial charge in [-0.2, -0.15) is 0 Å². The van der Waals surface area contributed by atoms with Crippen LogP contribution in [0.3, 0.4) is 0 Å². The summed E-state index contributed by atoms with van der Waals surface area (Å²) in [6.45, 7) is 0. The van der Waals surface area contributed by atoms with Gasteiger partial charge in [-0.15, -0.1) is 0 Å². The van der Waals surface area contributed by atoms with Crippen molar-refractivity contribution in [2.45, 2.75) is 0 Å². The Morgan fingerprint density at radius 1 is 0.167 bits per heavy atom. The first-order chi connectivity index (χ1) is 23.8. The number of benzene rings is 9. The maximum atomic E-state index is 2.39. The van der Waals surface area contributed by atoms with Crippen LogP contribution in [-0.4, -0.2) is 0 Å². The van der Waals surface area contributed by atoms with E-state index in [-0.39, 0.29) is 0 Å². The van der Waals surface area contributed by atoms with Crippen LogP contribution in [0.2, 0.25) is 0 Å². The summed E-state index contributed by atoms with van der Waals surface area (Å²) in [7, 11) is 0. The van der Waals surface area contributed by atoms with Crippen molar-refractivity contribution < 1.29 is 0 Å². The minimum Gasteiger partial charge on any atom is -0.0616 e. The van der Waals surface area contributed by atoms with E-state index in [9.17, 15) is 0 Å². The Labute approximate surface area is 277 Å². The van der Waals surface area contributed by atoms with Crippen molar-refractivity contribution in [2.75, 3.05) is 0 Å². The summed E-state index contributed by atoms with van der Waals surface area (Å²) >= 11 is 0. The fourth-order valence-electron chi connectivity index (χ4n) is 10.0. The van der Waals surface area contributed by atoms with Crippen LogP contribution < -0.4 is 0 Å².